The lowest BCUT2D eigenvalue weighted by Gasteiger charge is -2.24. The first kappa shape index (κ1) is 20.6. The van der Waals surface area contributed by atoms with Crippen LogP contribution in [0.1, 0.15) is 0 Å². The van der Waals surface area contributed by atoms with Crippen LogP contribution in [0.3, 0.4) is 0 Å². The molecule has 2 aromatic rings. The molecule has 0 spiro atoms. The van der Waals surface area contributed by atoms with E-state index in [0.29, 0.717) is 5.69 Å². The maximum absolute atomic E-state index is 12.8. The van der Waals surface area contributed by atoms with Crippen molar-refractivity contribution in [2.24, 2.45) is 0 Å². The molecule has 2 aliphatic heterocycles. The zero-order valence-corrected chi connectivity index (χ0v) is 14.5. The zero-order valence-electron chi connectivity index (χ0n) is 14.5. The van der Waals surface area contributed by atoms with E-state index < -0.39 is 29.0 Å². The van der Waals surface area contributed by atoms with E-state index >= 15 is 0 Å². The van der Waals surface area contributed by atoms with Crippen molar-refractivity contribution in [3.05, 3.63) is 46.5 Å². The smallest absolute Gasteiger partial charge is 0.423 e. The van der Waals surface area contributed by atoms with Crippen molar-refractivity contribution in [1.82, 2.24) is 0 Å². The van der Waals surface area contributed by atoms with E-state index in [9.17, 15) is 37.3 Å². The van der Waals surface area contributed by atoms with E-state index in [4.69, 9.17) is 5.73 Å². The van der Waals surface area contributed by atoms with Gasteiger partial charge in [-0.15, -0.1) is 0 Å². The quantitative estimate of drug-likeness (QED) is 0.273. The third kappa shape index (κ3) is 4.01. The van der Waals surface area contributed by atoms with Crippen LogP contribution < -0.4 is 25.8 Å². The Balaban J connectivity index is 0.000000172. The maximum Gasteiger partial charge on any atom is 0.482 e. The second-order valence-electron chi connectivity index (χ2n) is 5.84. The largest absolute Gasteiger partial charge is 0.482 e. The van der Waals surface area contributed by atoms with Gasteiger partial charge in [0.2, 0.25) is 0 Å². The van der Waals surface area contributed by atoms with Crippen LogP contribution in [0.2, 0.25) is 0 Å². The van der Waals surface area contributed by atoms with Gasteiger partial charge in [0.1, 0.15) is 0 Å². The number of hydrogen-bond acceptors (Lipinski definition) is 7. The second kappa shape index (κ2) is 7.06. The van der Waals surface area contributed by atoms with Crippen LogP contribution in [-0.4, -0.2) is 29.0 Å². The van der Waals surface area contributed by atoms with Gasteiger partial charge in [0.15, 0.2) is 11.5 Å². The molecule has 0 bridgehead atoms. The summed E-state index contributed by atoms with van der Waals surface area (Å²) in [6.45, 7) is 0. The number of nitrogens with one attached hydrogen (secondary N) is 2. The molecule has 0 aliphatic carbocycles. The summed E-state index contributed by atoms with van der Waals surface area (Å²) in [5.41, 5.74) is 5.44. The van der Waals surface area contributed by atoms with Gasteiger partial charge in [-0.1, -0.05) is 0 Å². The number of nitrogen functional groups attached to an aromatic ring is 1. The third-order valence-electron chi connectivity index (χ3n) is 3.68. The van der Waals surface area contributed by atoms with Crippen molar-refractivity contribution < 1.29 is 41.5 Å². The number of alkyl halides is 4. The molecule has 0 saturated heterocycles. The number of nitro benzene ring substituents is 1. The van der Waals surface area contributed by atoms with Crippen LogP contribution in [0.4, 0.5) is 40.3 Å². The number of nitro groups is 1. The minimum Gasteiger partial charge on any atom is -0.423 e. The van der Waals surface area contributed by atoms with Crippen LogP contribution in [-0.2, 0) is 9.59 Å². The molecule has 30 heavy (non-hydrogen) atoms. The minimum absolute atomic E-state index is 0.0937. The summed E-state index contributed by atoms with van der Waals surface area (Å²) >= 11 is 0. The van der Waals surface area contributed by atoms with Crippen molar-refractivity contribution in [1.29, 1.82) is 0 Å². The number of non-ortho nitro benzene ring substituents is 1. The molecule has 2 aliphatic rings. The third-order valence-corrected chi connectivity index (χ3v) is 3.68. The number of benzene rings is 2. The summed E-state index contributed by atoms with van der Waals surface area (Å²) in [6.07, 6.45) is -7.77. The topological polar surface area (TPSA) is 146 Å². The highest BCUT2D eigenvalue weighted by atomic mass is 19.3. The van der Waals surface area contributed by atoms with Crippen LogP contribution in [0, 0.1) is 10.1 Å². The lowest BCUT2D eigenvalue weighted by Crippen LogP contribution is -2.43. The lowest BCUT2D eigenvalue weighted by molar-refractivity contribution is -0.384. The highest BCUT2D eigenvalue weighted by Gasteiger charge is 2.47. The van der Waals surface area contributed by atoms with Crippen LogP contribution in [0.5, 0.6) is 11.5 Å². The van der Waals surface area contributed by atoms with Gasteiger partial charge in [-0.3, -0.25) is 19.7 Å². The summed E-state index contributed by atoms with van der Waals surface area (Å²) in [5.74, 6) is -3.55. The number of nitrogens with two attached hydrogens (primary N) is 1. The first-order valence-electron chi connectivity index (χ1n) is 7.83. The fraction of sp³-hybridized carbons (Fsp3) is 0.125. The molecule has 4 N–H and O–H groups in total. The highest BCUT2D eigenvalue weighted by Crippen LogP contribution is 2.37. The molecule has 0 radical (unpaired) electrons. The normalized spacial score (nSPS) is 17.5. The Morgan fingerprint density at radius 3 is 1.83 bits per heavy atom. The van der Waals surface area contributed by atoms with Crippen LogP contribution in [0.25, 0.3) is 0 Å². The van der Waals surface area contributed by atoms with Crippen molar-refractivity contribution in [3.8, 4) is 11.5 Å². The first-order valence-corrected chi connectivity index (χ1v) is 7.83. The Kier molecular flexibility index (Phi) is 4.85. The number of carbonyl (C=O) groups is 2. The van der Waals surface area contributed by atoms with Gasteiger partial charge in [-0.25, -0.2) is 0 Å². The number of fused-ring (bicyclic) bond motifs is 2. The molecule has 10 nitrogen and oxygen atoms in total. The van der Waals surface area contributed by atoms with E-state index in [-0.39, 0.29) is 28.6 Å². The molecule has 0 atom stereocenters. The molecule has 14 heteroatoms. The van der Waals surface area contributed by atoms with E-state index in [1.54, 1.807) is 0 Å². The van der Waals surface area contributed by atoms with Crippen molar-refractivity contribution >= 4 is 34.6 Å². The van der Waals surface area contributed by atoms with E-state index in [0.717, 1.165) is 18.2 Å². The number of rotatable bonds is 1. The monoisotopic (exact) mass is 430 g/mol. The Labute approximate surface area is 163 Å². The average molecular weight is 430 g/mol. The fourth-order valence-corrected chi connectivity index (χ4v) is 2.31. The Hall–Kier alpha value is -4.10. The molecule has 0 unspecified atom stereocenters. The molecule has 2 aromatic carbocycles. The summed E-state index contributed by atoms with van der Waals surface area (Å²) in [7, 11) is 0. The summed E-state index contributed by atoms with van der Waals surface area (Å²) < 4.78 is 59.2. The fourth-order valence-electron chi connectivity index (χ4n) is 2.31. The standard InChI is InChI=1S/C8H4F2N2O4.C8H6F2N2O2/c9-8(10)7(13)11-5-3-4(12(14)15)1-2-6(5)16-8;9-8(10)7(13)12-5-3-4(11)1-2-6(5)14-8/h1-3H,(H,11,13);1-3H,11H2,(H,12,13). The Morgan fingerprint density at radius 2 is 1.33 bits per heavy atom. The first-order chi connectivity index (χ1) is 13.9. The predicted molar refractivity (Wildman–Crippen MR) is 92.4 cm³/mol. The number of ether oxygens (including phenoxy) is 2. The Morgan fingerprint density at radius 1 is 0.867 bits per heavy atom. The molecule has 0 saturated carbocycles. The average Bonchev–Trinajstić information content (AvgIpc) is 2.64. The number of amides is 2. The molecule has 2 heterocycles. The van der Waals surface area contributed by atoms with Crippen molar-refractivity contribution in [2.75, 3.05) is 16.4 Å². The summed E-state index contributed by atoms with van der Waals surface area (Å²) in [5, 5.41) is 14.2. The SMILES string of the molecule is Nc1ccc2c(c1)NC(=O)C(F)(F)O2.O=C1Nc2cc([N+](=O)[O-])ccc2OC1(F)F. The van der Waals surface area contributed by atoms with Gasteiger partial charge in [-0.05, 0) is 24.3 Å². The molecule has 4 rings (SSSR count). The summed E-state index contributed by atoms with van der Waals surface area (Å²) in [4.78, 5) is 31.3. The molecular weight excluding hydrogens is 420 g/mol. The highest BCUT2D eigenvalue weighted by molar-refractivity contribution is 5.99. The van der Waals surface area contributed by atoms with E-state index in [2.05, 4.69) is 9.47 Å². The number of anilines is 3. The molecule has 0 fully saturated rings. The van der Waals surface area contributed by atoms with Crippen molar-refractivity contribution in [2.45, 2.75) is 12.2 Å². The second-order valence-corrected chi connectivity index (χ2v) is 5.84. The molecule has 0 aromatic heterocycles. The Bertz CT molecular complexity index is 1060. The molecular formula is C16H10F4N4O6. The lowest BCUT2D eigenvalue weighted by atomic mass is 10.2. The van der Waals surface area contributed by atoms with Crippen molar-refractivity contribution in [3.63, 3.8) is 0 Å². The van der Waals surface area contributed by atoms with Gasteiger partial charge in [0.05, 0.1) is 16.3 Å². The van der Waals surface area contributed by atoms with Gasteiger partial charge < -0.3 is 25.8 Å². The molecule has 2 amide bonds. The van der Waals surface area contributed by atoms with Gasteiger partial charge >= 0.3 is 24.0 Å². The molecule has 158 valence electrons. The number of nitrogens with zero attached hydrogens (tertiary/aromatic N) is 1. The number of halogens is 4. The van der Waals surface area contributed by atoms with Gasteiger partial charge in [0.25, 0.3) is 5.69 Å². The minimum atomic E-state index is -3.96. The summed E-state index contributed by atoms with van der Waals surface area (Å²) in [6, 6.07) is 6.99. The van der Waals surface area contributed by atoms with E-state index in [1.165, 1.54) is 18.2 Å². The van der Waals surface area contributed by atoms with Crippen LogP contribution in [0.15, 0.2) is 36.4 Å². The zero-order chi connectivity index (χ0) is 22.3. The van der Waals surface area contributed by atoms with Gasteiger partial charge in [0, 0.05) is 17.8 Å². The van der Waals surface area contributed by atoms with Crippen LogP contribution >= 0.6 is 0 Å². The van der Waals surface area contributed by atoms with E-state index in [1.807, 2.05) is 10.6 Å². The maximum atomic E-state index is 12.8. The number of hydrogen-bond donors (Lipinski definition) is 3. The number of carbonyl (C=O) groups excluding carboxylic acids is 2. The predicted octanol–water partition coefficient (Wildman–Crippen LogP) is 2.71. The van der Waals surface area contributed by atoms with Gasteiger partial charge in [-0.2, -0.15) is 17.6 Å².